The summed E-state index contributed by atoms with van der Waals surface area (Å²) in [5.74, 6) is -1.90. The Bertz CT molecular complexity index is 621. The van der Waals surface area contributed by atoms with E-state index in [1.807, 2.05) is 13.8 Å². The van der Waals surface area contributed by atoms with Gasteiger partial charge in [0.15, 0.2) is 0 Å². The number of benzene rings is 1. The number of hydrogen-bond acceptors (Lipinski definition) is 4. The van der Waals surface area contributed by atoms with Gasteiger partial charge in [0, 0.05) is 11.3 Å². The van der Waals surface area contributed by atoms with Crippen LogP contribution in [-0.2, 0) is 9.59 Å². The first kappa shape index (κ1) is 21.6. The number of aliphatic carboxylic acids is 1. The van der Waals surface area contributed by atoms with Crippen LogP contribution in [0.15, 0.2) is 24.3 Å². The Labute approximate surface area is 153 Å². The van der Waals surface area contributed by atoms with Crippen molar-refractivity contribution in [2.24, 2.45) is 0 Å². The molecule has 0 spiro atoms. The third-order valence-corrected chi connectivity index (χ3v) is 4.07. The topological polar surface area (TPSA) is 116 Å². The zero-order valence-corrected chi connectivity index (χ0v) is 15.5. The third-order valence-electron chi connectivity index (χ3n) is 4.07. The summed E-state index contributed by atoms with van der Waals surface area (Å²) in [4.78, 5) is 34.9. The molecule has 26 heavy (non-hydrogen) atoms. The maximum Gasteiger partial charge on any atom is 0.325 e. The molecule has 1 rings (SSSR count). The highest BCUT2D eigenvalue weighted by molar-refractivity contribution is 5.97. The van der Waals surface area contributed by atoms with Gasteiger partial charge in [-0.25, -0.2) is 0 Å². The molecular formula is C19H28N2O5. The number of anilines is 1. The van der Waals surface area contributed by atoms with Gasteiger partial charge in [-0.05, 0) is 44.0 Å². The quantitative estimate of drug-likeness (QED) is 0.509. The molecule has 0 aromatic heterocycles. The van der Waals surface area contributed by atoms with Crippen LogP contribution in [0, 0.1) is 0 Å². The fraction of sp³-hybridized carbons (Fsp3) is 0.526. The normalized spacial score (nSPS) is 12.3. The van der Waals surface area contributed by atoms with Gasteiger partial charge >= 0.3 is 5.97 Å². The van der Waals surface area contributed by atoms with E-state index < -0.39 is 23.5 Å². The predicted molar refractivity (Wildman–Crippen MR) is 99.0 cm³/mol. The van der Waals surface area contributed by atoms with Gasteiger partial charge < -0.3 is 20.8 Å². The van der Waals surface area contributed by atoms with E-state index in [9.17, 15) is 19.5 Å². The van der Waals surface area contributed by atoms with Crippen molar-refractivity contribution in [1.29, 1.82) is 0 Å². The SMILES string of the molecule is CCCC(O)(CCC)CC(=O)Nc1ccc(C(=O)NC(C)C(=O)O)cc1. The Balaban J connectivity index is 2.67. The molecule has 1 atom stereocenters. The van der Waals surface area contributed by atoms with Crippen LogP contribution in [0.5, 0.6) is 0 Å². The summed E-state index contributed by atoms with van der Waals surface area (Å²) in [6, 6.07) is 5.15. The van der Waals surface area contributed by atoms with Crippen LogP contribution in [0.4, 0.5) is 5.69 Å². The Morgan fingerprint density at radius 3 is 2.08 bits per heavy atom. The summed E-state index contributed by atoms with van der Waals surface area (Å²) < 4.78 is 0. The van der Waals surface area contributed by atoms with E-state index in [2.05, 4.69) is 10.6 Å². The molecule has 7 heteroatoms. The fourth-order valence-corrected chi connectivity index (χ4v) is 2.78. The molecule has 0 aliphatic rings. The molecule has 4 N–H and O–H groups in total. The van der Waals surface area contributed by atoms with Gasteiger partial charge in [0.2, 0.25) is 5.91 Å². The van der Waals surface area contributed by atoms with Crippen LogP contribution in [0.1, 0.15) is 63.2 Å². The van der Waals surface area contributed by atoms with Crippen LogP contribution >= 0.6 is 0 Å². The third kappa shape index (κ3) is 6.84. The molecule has 7 nitrogen and oxygen atoms in total. The van der Waals surface area contributed by atoms with Crippen molar-refractivity contribution >= 4 is 23.5 Å². The van der Waals surface area contributed by atoms with Crippen molar-refractivity contribution in [3.05, 3.63) is 29.8 Å². The highest BCUT2D eigenvalue weighted by atomic mass is 16.4. The van der Waals surface area contributed by atoms with Gasteiger partial charge in [-0.3, -0.25) is 14.4 Å². The van der Waals surface area contributed by atoms with Gasteiger partial charge in [-0.2, -0.15) is 0 Å². The molecule has 0 saturated heterocycles. The average molecular weight is 364 g/mol. The Morgan fingerprint density at radius 1 is 1.08 bits per heavy atom. The van der Waals surface area contributed by atoms with Gasteiger partial charge in [-0.15, -0.1) is 0 Å². The molecule has 0 aliphatic heterocycles. The lowest BCUT2D eigenvalue weighted by atomic mass is 9.89. The molecule has 0 fully saturated rings. The minimum Gasteiger partial charge on any atom is -0.480 e. The Kier molecular flexibility index (Phi) is 8.25. The maximum atomic E-state index is 12.2. The largest absolute Gasteiger partial charge is 0.480 e. The van der Waals surface area contributed by atoms with Gasteiger partial charge in [0.05, 0.1) is 12.0 Å². The summed E-state index contributed by atoms with van der Waals surface area (Å²) in [7, 11) is 0. The maximum absolute atomic E-state index is 12.2. The standard InChI is InChI=1S/C19H28N2O5/c1-4-10-19(26,11-5-2)12-16(22)21-15-8-6-14(7-9-15)17(23)20-13(3)18(24)25/h6-9,13,26H,4-5,10-12H2,1-3H3,(H,20,23)(H,21,22)(H,24,25). The molecule has 2 amide bonds. The number of amides is 2. The second-order valence-corrected chi connectivity index (χ2v) is 6.56. The number of rotatable bonds is 10. The smallest absolute Gasteiger partial charge is 0.325 e. The van der Waals surface area contributed by atoms with Gasteiger partial charge in [-0.1, -0.05) is 26.7 Å². The van der Waals surface area contributed by atoms with Crippen molar-refractivity contribution in [2.45, 2.75) is 64.5 Å². The predicted octanol–water partition coefficient (Wildman–Crippen LogP) is 2.55. The minimum absolute atomic E-state index is 0.0209. The van der Waals surface area contributed by atoms with Crippen LogP contribution in [0.3, 0.4) is 0 Å². The van der Waals surface area contributed by atoms with E-state index >= 15 is 0 Å². The second kappa shape index (κ2) is 9.91. The molecule has 0 bridgehead atoms. The first-order chi connectivity index (χ1) is 12.2. The zero-order chi connectivity index (χ0) is 19.7. The van der Waals surface area contributed by atoms with E-state index in [-0.39, 0.29) is 12.3 Å². The molecule has 0 radical (unpaired) electrons. The minimum atomic E-state index is -1.12. The van der Waals surface area contributed by atoms with Crippen LogP contribution in [-0.4, -0.2) is 39.6 Å². The monoisotopic (exact) mass is 364 g/mol. The summed E-state index contributed by atoms with van der Waals surface area (Å²) in [5.41, 5.74) is -0.196. The van der Waals surface area contributed by atoms with E-state index in [0.29, 0.717) is 24.1 Å². The number of carbonyl (C=O) groups is 3. The molecule has 0 saturated carbocycles. The van der Waals surface area contributed by atoms with Crippen LogP contribution < -0.4 is 10.6 Å². The molecule has 1 unspecified atom stereocenters. The molecule has 0 aliphatic carbocycles. The lowest BCUT2D eigenvalue weighted by Gasteiger charge is -2.26. The lowest BCUT2D eigenvalue weighted by Crippen LogP contribution is -2.38. The van der Waals surface area contributed by atoms with Crippen molar-refractivity contribution < 1.29 is 24.6 Å². The van der Waals surface area contributed by atoms with Crippen LogP contribution in [0.25, 0.3) is 0 Å². The Hall–Kier alpha value is -2.41. The number of carbonyl (C=O) groups excluding carboxylic acids is 2. The summed E-state index contributed by atoms with van der Waals surface area (Å²) in [5, 5.41) is 24.4. The molecule has 144 valence electrons. The first-order valence-corrected chi connectivity index (χ1v) is 8.86. The summed E-state index contributed by atoms with van der Waals surface area (Å²) in [6.45, 7) is 5.31. The first-order valence-electron chi connectivity index (χ1n) is 8.86. The molecule has 1 aromatic rings. The van der Waals surface area contributed by atoms with Crippen molar-refractivity contribution in [2.75, 3.05) is 5.32 Å². The van der Waals surface area contributed by atoms with E-state index in [1.54, 1.807) is 12.1 Å². The van der Waals surface area contributed by atoms with Crippen LogP contribution in [0.2, 0.25) is 0 Å². The number of nitrogens with one attached hydrogen (secondary N) is 2. The Morgan fingerprint density at radius 2 is 1.62 bits per heavy atom. The summed E-state index contributed by atoms with van der Waals surface area (Å²) >= 11 is 0. The van der Waals surface area contributed by atoms with Crippen molar-refractivity contribution in [1.82, 2.24) is 5.32 Å². The van der Waals surface area contributed by atoms with E-state index in [0.717, 1.165) is 12.8 Å². The van der Waals surface area contributed by atoms with Crippen molar-refractivity contribution in [3.63, 3.8) is 0 Å². The van der Waals surface area contributed by atoms with Gasteiger partial charge in [0.1, 0.15) is 6.04 Å². The summed E-state index contributed by atoms with van der Waals surface area (Å²) in [6.07, 6.45) is 2.74. The van der Waals surface area contributed by atoms with Crippen molar-refractivity contribution in [3.8, 4) is 0 Å². The number of hydrogen-bond donors (Lipinski definition) is 4. The zero-order valence-electron chi connectivity index (χ0n) is 15.5. The van der Waals surface area contributed by atoms with E-state index in [1.165, 1.54) is 19.1 Å². The average Bonchev–Trinajstić information content (AvgIpc) is 2.55. The molecular weight excluding hydrogens is 336 g/mol. The lowest BCUT2D eigenvalue weighted by molar-refractivity contribution is -0.138. The highest BCUT2D eigenvalue weighted by Gasteiger charge is 2.28. The molecule has 0 heterocycles. The molecule has 1 aromatic carbocycles. The van der Waals surface area contributed by atoms with Gasteiger partial charge in [0.25, 0.3) is 5.91 Å². The fourth-order valence-electron chi connectivity index (χ4n) is 2.78. The van der Waals surface area contributed by atoms with E-state index in [4.69, 9.17) is 5.11 Å². The second-order valence-electron chi connectivity index (χ2n) is 6.56. The number of carboxylic acids is 1. The number of carboxylic acid groups (broad SMARTS) is 1. The highest BCUT2D eigenvalue weighted by Crippen LogP contribution is 2.24. The number of aliphatic hydroxyl groups is 1.